The molecule has 1 aromatic heterocycles. The van der Waals surface area contributed by atoms with Gasteiger partial charge in [-0.15, -0.1) is 10.2 Å². The molecule has 1 saturated heterocycles. The van der Waals surface area contributed by atoms with Crippen molar-refractivity contribution in [1.29, 1.82) is 0 Å². The Hall–Kier alpha value is -0.910. The summed E-state index contributed by atoms with van der Waals surface area (Å²) in [5.41, 5.74) is 0.318. The van der Waals surface area contributed by atoms with Gasteiger partial charge in [0.15, 0.2) is 10.3 Å². The van der Waals surface area contributed by atoms with Crippen LogP contribution in [0, 0.1) is 0 Å². The molecule has 1 amide bonds. The van der Waals surface area contributed by atoms with E-state index in [0.717, 1.165) is 19.5 Å². The lowest BCUT2D eigenvalue weighted by Gasteiger charge is -2.28. The summed E-state index contributed by atoms with van der Waals surface area (Å²) in [6.45, 7) is 4.57. The normalized spacial score (nSPS) is 21.3. The van der Waals surface area contributed by atoms with Crippen molar-refractivity contribution in [2.24, 2.45) is 0 Å². The maximum absolute atomic E-state index is 12.5. The SMILES string of the molecule is CC1CN(C)CCCN1C(=O)c1cc(Cl)nnc1Cl. The quantitative estimate of drug-likeness (QED) is 0.795. The third-order valence-electron chi connectivity index (χ3n) is 3.26. The number of hydrogen-bond acceptors (Lipinski definition) is 4. The zero-order chi connectivity index (χ0) is 14.0. The minimum Gasteiger partial charge on any atom is -0.335 e. The molecule has 0 saturated carbocycles. The van der Waals surface area contributed by atoms with Crippen LogP contribution in [0.4, 0.5) is 0 Å². The third-order valence-corrected chi connectivity index (χ3v) is 3.72. The van der Waals surface area contributed by atoms with Crippen LogP contribution < -0.4 is 0 Å². The van der Waals surface area contributed by atoms with Gasteiger partial charge in [-0.3, -0.25) is 4.79 Å². The number of amides is 1. The van der Waals surface area contributed by atoms with Crippen LogP contribution in [-0.4, -0.2) is 58.6 Å². The first kappa shape index (κ1) is 14.5. The zero-order valence-corrected chi connectivity index (χ0v) is 12.4. The van der Waals surface area contributed by atoms with Gasteiger partial charge in [0, 0.05) is 19.1 Å². The smallest absolute Gasteiger partial charge is 0.257 e. The molecular weight excluding hydrogens is 287 g/mol. The second-order valence-electron chi connectivity index (χ2n) is 4.83. The van der Waals surface area contributed by atoms with E-state index in [-0.39, 0.29) is 22.3 Å². The molecule has 0 aromatic carbocycles. The van der Waals surface area contributed by atoms with Gasteiger partial charge in [0.25, 0.3) is 5.91 Å². The van der Waals surface area contributed by atoms with E-state index in [1.807, 2.05) is 11.8 Å². The summed E-state index contributed by atoms with van der Waals surface area (Å²) in [4.78, 5) is 16.6. The molecule has 1 fully saturated rings. The zero-order valence-electron chi connectivity index (χ0n) is 10.9. The number of carbonyl (C=O) groups excluding carboxylic acids is 1. The number of halogens is 2. The van der Waals surface area contributed by atoms with E-state index < -0.39 is 0 Å². The Labute approximate surface area is 122 Å². The molecule has 7 heteroatoms. The van der Waals surface area contributed by atoms with Crippen molar-refractivity contribution in [1.82, 2.24) is 20.0 Å². The monoisotopic (exact) mass is 302 g/mol. The first-order valence-electron chi connectivity index (χ1n) is 6.17. The number of likely N-dealkylation sites (N-methyl/N-ethyl adjacent to an activating group) is 1. The summed E-state index contributed by atoms with van der Waals surface area (Å²) in [5, 5.41) is 7.57. The van der Waals surface area contributed by atoms with Crippen molar-refractivity contribution < 1.29 is 4.79 Å². The number of hydrogen-bond donors (Lipinski definition) is 0. The molecule has 5 nitrogen and oxygen atoms in total. The van der Waals surface area contributed by atoms with E-state index in [4.69, 9.17) is 23.2 Å². The first-order chi connectivity index (χ1) is 8.99. The van der Waals surface area contributed by atoms with Gasteiger partial charge in [0.05, 0.1) is 5.56 Å². The van der Waals surface area contributed by atoms with Gasteiger partial charge in [-0.25, -0.2) is 0 Å². The largest absolute Gasteiger partial charge is 0.335 e. The second-order valence-corrected chi connectivity index (χ2v) is 5.58. The van der Waals surface area contributed by atoms with Crippen LogP contribution in [-0.2, 0) is 0 Å². The Morgan fingerprint density at radius 1 is 1.37 bits per heavy atom. The number of rotatable bonds is 1. The molecule has 2 rings (SSSR count). The van der Waals surface area contributed by atoms with Crippen molar-refractivity contribution in [2.75, 3.05) is 26.7 Å². The Bertz CT molecular complexity index is 483. The Kier molecular flexibility index (Phi) is 4.60. The van der Waals surface area contributed by atoms with Gasteiger partial charge in [-0.05, 0) is 33.0 Å². The predicted octanol–water partition coefficient (Wildman–Crippen LogP) is 1.95. The topological polar surface area (TPSA) is 49.3 Å². The Morgan fingerprint density at radius 3 is 2.84 bits per heavy atom. The van der Waals surface area contributed by atoms with Crippen molar-refractivity contribution in [3.05, 3.63) is 21.9 Å². The van der Waals surface area contributed by atoms with Crippen LogP contribution in [0.2, 0.25) is 10.3 Å². The molecule has 0 bridgehead atoms. The molecule has 1 aliphatic heterocycles. The van der Waals surface area contributed by atoms with Crippen molar-refractivity contribution >= 4 is 29.1 Å². The van der Waals surface area contributed by atoms with Gasteiger partial charge in [0.2, 0.25) is 0 Å². The minimum atomic E-state index is -0.135. The molecule has 1 unspecified atom stereocenters. The molecule has 0 radical (unpaired) electrons. The average molecular weight is 303 g/mol. The number of carbonyl (C=O) groups is 1. The number of nitrogens with zero attached hydrogens (tertiary/aromatic N) is 4. The maximum Gasteiger partial charge on any atom is 0.257 e. The Morgan fingerprint density at radius 2 is 2.11 bits per heavy atom. The van der Waals surface area contributed by atoms with E-state index in [0.29, 0.717) is 12.1 Å². The highest BCUT2D eigenvalue weighted by atomic mass is 35.5. The van der Waals surface area contributed by atoms with E-state index in [9.17, 15) is 4.79 Å². The van der Waals surface area contributed by atoms with Crippen LogP contribution in [0.3, 0.4) is 0 Å². The molecule has 104 valence electrons. The molecule has 0 aliphatic carbocycles. The van der Waals surface area contributed by atoms with E-state index in [1.54, 1.807) is 0 Å². The van der Waals surface area contributed by atoms with Gasteiger partial charge >= 0.3 is 0 Å². The lowest BCUT2D eigenvalue weighted by Crippen LogP contribution is -2.42. The van der Waals surface area contributed by atoms with Gasteiger partial charge in [0.1, 0.15) is 0 Å². The predicted molar refractivity (Wildman–Crippen MR) is 74.7 cm³/mol. The number of aromatic nitrogens is 2. The lowest BCUT2D eigenvalue weighted by atomic mass is 10.2. The summed E-state index contributed by atoms with van der Waals surface area (Å²) in [5.74, 6) is -0.135. The van der Waals surface area contributed by atoms with E-state index >= 15 is 0 Å². The second kappa shape index (κ2) is 6.03. The van der Waals surface area contributed by atoms with E-state index in [1.165, 1.54) is 6.07 Å². The fourth-order valence-electron chi connectivity index (χ4n) is 2.33. The third kappa shape index (κ3) is 3.35. The van der Waals surface area contributed by atoms with Crippen LogP contribution in [0.15, 0.2) is 6.07 Å². The molecule has 1 aromatic rings. The highest BCUT2D eigenvalue weighted by molar-refractivity contribution is 6.34. The van der Waals surface area contributed by atoms with Crippen LogP contribution in [0.1, 0.15) is 23.7 Å². The molecule has 1 atom stereocenters. The van der Waals surface area contributed by atoms with Crippen molar-refractivity contribution in [3.63, 3.8) is 0 Å². The minimum absolute atomic E-state index is 0.0965. The summed E-state index contributed by atoms with van der Waals surface area (Å²) in [6.07, 6.45) is 0.941. The molecule has 1 aliphatic rings. The fraction of sp³-hybridized carbons (Fsp3) is 0.583. The van der Waals surface area contributed by atoms with Gasteiger partial charge < -0.3 is 9.80 Å². The summed E-state index contributed by atoms with van der Waals surface area (Å²) in [6, 6.07) is 1.60. The van der Waals surface area contributed by atoms with Gasteiger partial charge in [-0.1, -0.05) is 23.2 Å². The maximum atomic E-state index is 12.5. The first-order valence-corrected chi connectivity index (χ1v) is 6.93. The van der Waals surface area contributed by atoms with Crippen LogP contribution >= 0.6 is 23.2 Å². The molecule has 2 heterocycles. The summed E-state index contributed by atoms with van der Waals surface area (Å²) >= 11 is 11.7. The Balaban J connectivity index is 2.25. The van der Waals surface area contributed by atoms with Crippen molar-refractivity contribution in [3.8, 4) is 0 Å². The van der Waals surface area contributed by atoms with Crippen LogP contribution in [0.5, 0.6) is 0 Å². The van der Waals surface area contributed by atoms with Gasteiger partial charge in [-0.2, -0.15) is 0 Å². The molecule has 19 heavy (non-hydrogen) atoms. The molecule has 0 N–H and O–H groups in total. The summed E-state index contributed by atoms with van der Waals surface area (Å²) < 4.78 is 0. The average Bonchev–Trinajstić information content (AvgIpc) is 2.52. The fourth-order valence-corrected chi connectivity index (χ4v) is 2.65. The highest BCUT2D eigenvalue weighted by Gasteiger charge is 2.27. The van der Waals surface area contributed by atoms with Crippen LogP contribution in [0.25, 0.3) is 0 Å². The highest BCUT2D eigenvalue weighted by Crippen LogP contribution is 2.20. The lowest BCUT2D eigenvalue weighted by molar-refractivity contribution is 0.0696. The summed E-state index contributed by atoms with van der Waals surface area (Å²) in [7, 11) is 2.06. The standard InChI is InChI=1S/C12H16Cl2N4O/c1-8-7-17(2)4-3-5-18(8)12(19)9-6-10(13)15-16-11(9)14/h6,8H,3-5,7H2,1-2H3. The molecule has 0 spiro atoms. The van der Waals surface area contributed by atoms with Crippen molar-refractivity contribution in [2.45, 2.75) is 19.4 Å². The van der Waals surface area contributed by atoms with E-state index in [2.05, 4.69) is 22.1 Å². The molecular formula is C12H16Cl2N4O.